The fraction of sp³-hybridized carbons (Fsp3) is 0.714. The van der Waals surface area contributed by atoms with E-state index in [1.54, 1.807) is 6.33 Å². The normalized spacial score (nSPS) is 11.3. The Morgan fingerprint density at radius 1 is 1.22 bits per heavy atom. The van der Waals surface area contributed by atoms with Crippen molar-refractivity contribution >= 4 is 17.4 Å². The van der Waals surface area contributed by atoms with Gasteiger partial charge in [-0.05, 0) is 25.7 Å². The van der Waals surface area contributed by atoms with Gasteiger partial charge < -0.3 is 4.90 Å². The second-order valence-corrected chi connectivity index (χ2v) is 5.49. The van der Waals surface area contributed by atoms with Gasteiger partial charge in [0.2, 0.25) is 0 Å². The number of nitrogens with zero attached hydrogens (tertiary/aromatic N) is 3. The molecule has 0 radical (unpaired) electrons. The molecule has 0 bridgehead atoms. The third-order valence-corrected chi connectivity index (χ3v) is 3.59. The summed E-state index contributed by atoms with van der Waals surface area (Å²) in [6.45, 7) is 11.9. The minimum absolute atomic E-state index is 0.511. The van der Waals surface area contributed by atoms with Gasteiger partial charge >= 0.3 is 0 Å². The van der Waals surface area contributed by atoms with E-state index in [9.17, 15) is 0 Å². The number of halogens is 1. The molecule has 0 aliphatic carbocycles. The van der Waals surface area contributed by atoms with Crippen molar-refractivity contribution in [3.8, 4) is 0 Å². The predicted molar refractivity (Wildman–Crippen MR) is 78.3 cm³/mol. The molecule has 0 aliphatic heterocycles. The summed E-state index contributed by atoms with van der Waals surface area (Å²) in [4.78, 5) is 10.9. The quantitative estimate of drug-likeness (QED) is 0.729. The maximum absolute atomic E-state index is 6.11. The van der Waals surface area contributed by atoms with Crippen molar-refractivity contribution < 1.29 is 0 Å². The third-order valence-electron chi connectivity index (χ3n) is 3.21. The molecule has 3 nitrogen and oxygen atoms in total. The van der Waals surface area contributed by atoms with Crippen LogP contribution in [-0.2, 0) is 0 Å². The Kier molecular flexibility index (Phi) is 5.86. The molecule has 0 N–H and O–H groups in total. The summed E-state index contributed by atoms with van der Waals surface area (Å²) in [7, 11) is 0. The standard InChI is InChI=1S/C14H24ClN3/c1-6-12(7-2)18(8-10(3)4)14-11(5)13(15)16-9-17-14/h9-10,12H,6-8H2,1-5H3. The Hall–Kier alpha value is -0.830. The Balaban J connectivity index is 3.12. The van der Waals surface area contributed by atoms with E-state index in [0.717, 1.165) is 30.8 Å². The zero-order valence-electron chi connectivity index (χ0n) is 12.1. The largest absolute Gasteiger partial charge is 0.353 e. The smallest absolute Gasteiger partial charge is 0.137 e. The monoisotopic (exact) mass is 269 g/mol. The summed E-state index contributed by atoms with van der Waals surface area (Å²) in [6.07, 6.45) is 3.79. The first-order valence-electron chi connectivity index (χ1n) is 6.74. The summed E-state index contributed by atoms with van der Waals surface area (Å²) < 4.78 is 0. The topological polar surface area (TPSA) is 29.0 Å². The first-order chi connectivity index (χ1) is 8.51. The molecule has 0 amide bonds. The first kappa shape index (κ1) is 15.2. The maximum atomic E-state index is 6.11. The minimum Gasteiger partial charge on any atom is -0.353 e. The summed E-state index contributed by atoms with van der Waals surface area (Å²) in [6, 6.07) is 0.511. The molecular formula is C14H24ClN3. The Morgan fingerprint density at radius 2 is 1.83 bits per heavy atom. The molecule has 0 fully saturated rings. The SMILES string of the molecule is CCC(CC)N(CC(C)C)c1ncnc(Cl)c1C. The third kappa shape index (κ3) is 3.58. The van der Waals surface area contributed by atoms with E-state index in [0.29, 0.717) is 17.1 Å². The molecule has 0 saturated carbocycles. The highest BCUT2D eigenvalue weighted by Gasteiger charge is 2.20. The molecular weight excluding hydrogens is 246 g/mol. The Morgan fingerprint density at radius 3 is 2.33 bits per heavy atom. The minimum atomic E-state index is 0.511. The lowest BCUT2D eigenvalue weighted by Gasteiger charge is -2.34. The van der Waals surface area contributed by atoms with E-state index >= 15 is 0 Å². The van der Waals surface area contributed by atoms with E-state index in [2.05, 4.69) is 42.6 Å². The number of rotatable bonds is 6. The van der Waals surface area contributed by atoms with Crippen LogP contribution < -0.4 is 4.90 Å². The molecule has 1 heterocycles. The Bertz CT molecular complexity index is 375. The molecule has 0 spiro atoms. The number of hydrogen-bond acceptors (Lipinski definition) is 3. The molecule has 102 valence electrons. The maximum Gasteiger partial charge on any atom is 0.137 e. The molecule has 1 aromatic rings. The predicted octanol–water partition coefficient (Wildman–Crippen LogP) is 4.09. The van der Waals surface area contributed by atoms with Crippen molar-refractivity contribution in [1.29, 1.82) is 0 Å². The van der Waals surface area contributed by atoms with Crippen molar-refractivity contribution in [2.24, 2.45) is 5.92 Å². The van der Waals surface area contributed by atoms with Gasteiger partial charge in [-0.2, -0.15) is 0 Å². The van der Waals surface area contributed by atoms with Crippen LogP contribution in [0.3, 0.4) is 0 Å². The Labute approximate surface area is 116 Å². The fourth-order valence-electron chi connectivity index (χ4n) is 2.24. The fourth-order valence-corrected chi connectivity index (χ4v) is 2.37. The van der Waals surface area contributed by atoms with Crippen LogP contribution in [0.25, 0.3) is 0 Å². The van der Waals surface area contributed by atoms with Crippen molar-refractivity contribution in [2.75, 3.05) is 11.4 Å². The molecule has 4 heteroatoms. The summed E-state index contributed by atoms with van der Waals surface area (Å²) in [5, 5.41) is 0.555. The first-order valence-corrected chi connectivity index (χ1v) is 7.12. The van der Waals surface area contributed by atoms with Gasteiger partial charge in [0.1, 0.15) is 17.3 Å². The number of anilines is 1. The zero-order valence-corrected chi connectivity index (χ0v) is 12.8. The molecule has 0 unspecified atom stereocenters. The lowest BCUT2D eigenvalue weighted by molar-refractivity contribution is 0.502. The second-order valence-electron chi connectivity index (χ2n) is 5.13. The van der Waals surface area contributed by atoms with Gasteiger partial charge in [-0.1, -0.05) is 39.3 Å². The van der Waals surface area contributed by atoms with Gasteiger partial charge in [0.25, 0.3) is 0 Å². The summed E-state index contributed by atoms with van der Waals surface area (Å²) in [5.41, 5.74) is 0.978. The van der Waals surface area contributed by atoms with Gasteiger partial charge in [0, 0.05) is 18.2 Å². The average Bonchev–Trinajstić information content (AvgIpc) is 2.32. The van der Waals surface area contributed by atoms with Crippen LogP contribution in [0.15, 0.2) is 6.33 Å². The molecule has 1 aromatic heterocycles. The highest BCUT2D eigenvalue weighted by atomic mass is 35.5. The van der Waals surface area contributed by atoms with E-state index in [-0.39, 0.29) is 0 Å². The second kappa shape index (κ2) is 6.93. The van der Waals surface area contributed by atoms with Crippen molar-refractivity contribution in [2.45, 2.75) is 53.5 Å². The molecule has 0 aromatic carbocycles. The van der Waals surface area contributed by atoms with Crippen LogP contribution in [0.1, 0.15) is 46.1 Å². The van der Waals surface area contributed by atoms with Gasteiger partial charge in [-0.25, -0.2) is 9.97 Å². The van der Waals surface area contributed by atoms with Gasteiger partial charge in [0.15, 0.2) is 0 Å². The molecule has 1 rings (SSSR count). The number of aromatic nitrogens is 2. The van der Waals surface area contributed by atoms with Crippen molar-refractivity contribution in [3.05, 3.63) is 17.0 Å². The molecule has 0 saturated heterocycles. The van der Waals surface area contributed by atoms with Crippen molar-refractivity contribution in [1.82, 2.24) is 9.97 Å². The van der Waals surface area contributed by atoms with Crippen LogP contribution in [0, 0.1) is 12.8 Å². The van der Waals surface area contributed by atoms with Crippen LogP contribution in [0.4, 0.5) is 5.82 Å². The van der Waals surface area contributed by atoms with E-state index in [1.165, 1.54) is 0 Å². The molecule has 0 aliphatic rings. The van der Waals surface area contributed by atoms with Gasteiger partial charge in [0.05, 0.1) is 0 Å². The van der Waals surface area contributed by atoms with Crippen LogP contribution in [0.2, 0.25) is 5.15 Å². The zero-order chi connectivity index (χ0) is 13.7. The van der Waals surface area contributed by atoms with Crippen molar-refractivity contribution in [3.63, 3.8) is 0 Å². The highest BCUT2D eigenvalue weighted by Crippen LogP contribution is 2.26. The average molecular weight is 270 g/mol. The summed E-state index contributed by atoms with van der Waals surface area (Å²) in [5.74, 6) is 1.58. The highest BCUT2D eigenvalue weighted by molar-refractivity contribution is 6.30. The lowest BCUT2D eigenvalue weighted by atomic mass is 10.1. The lowest BCUT2D eigenvalue weighted by Crippen LogP contribution is -2.38. The number of hydrogen-bond donors (Lipinski definition) is 0. The van der Waals surface area contributed by atoms with E-state index < -0.39 is 0 Å². The van der Waals surface area contributed by atoms with Crippen LogP contribution in [0.5, 0.6) is 0 Å². The molecule has 0 atom stereocenters. The summed E-state index contributed by atoms with van der Waals surface area (Å²) >= 11 is 6.11. The van der Waals surface area contributed by atoms with Crippen LogP contribution in [-0.4, -0.2) is 22.6 Å². The van der Waals surface area contributed by atoms with E-state index in [4.69, 9.17) is 11.6 Å². The molecule has 18 heavy (non-hydrogen) atoms. The van der Waals surface area contributed by atoms with Gasteiger partial charge in [-0.3, -0.25) is 0 Å². The van der Waals surface area contributed by atoms with Crippen LogP contribution >= 0.6 is 11.6 Å². The van der Waals surface area contributed by atoms with E-state index in [1.807, 2.05) is 6.92 Å². The van der Waals surface area contributed by atoms with Gasteiger partial charge in [-0.15, -0.1) is 0 Å².